The molecule has 1 saturated carbocycles. The molecule has 0 unspecified atom stereocenters. The predicted octanol–water partition coefficient (Wildman–Crippen LogP) is 4.06. The summed E-state index contributed by atoms with van der Waals surface area (Å²) in [6.45, 7) is 2.79. The van der Waals surface area contributed by atoms with E-state index in [0.29, 0.717) is 16.6 Å². The van der Waals surface area contributed by atoms with Crippen molar-refractivity contribution in [2.24, 2.45) is 5.41 Å². The average Bonchev–Trinajstić information content (AvgIpc) is 2.94. The molecule has 1 aliphatic carbocycles. The third kappa shape index (κ3) is 3.61. The predicted molar refractivity (Wildman–Crippen MR) is 84.3 cm³/mol. The number of nitro benzene ring substituents is 1. The summed E-state index contributed by atoms with van der Waals surface area (Å²) in [6, 6.07) is 4.23. The Bertz CT molecular complexity index is 554. The molecule has 0 bridgehead atoms. The second kappa shape index (κ2) is 6.56. The molecule has 0 radical (unpaired) electrons. The van der Waals surface area contributed by atoms with E-state index in [1.165, 1.54) is 31.0 Å². The number of halogens is 1. The van der Waals surface area contributed by atoms with Crippen LogP contribution >= 0.6 is 15.9 Å². The largest absolute Gasteiger partial charge is 0.351 e. The van der Waals surface area contributed by atoms with E-state index in [2.05, 4.69) is 28.2 Å². The first-order valence-electron chi connectivity index (χ1n) is 7.19. The summed E-state index contributed by atoms with van der Waals surface area (Å²) in [7, 11) is 0. The van der Waals surface area contributed by atoms with Crippen molar-refractivity contribution >= 4 is 27.5 Å². The Kier molecular flexibility index (Phi) is 4.98. The maximum Gasteiger partial charge on any atom is 0.270 e. The number of nitrogens with zero attached hydrogens (tertiary/aromatic N) is 1. The van der Waals surface area contributed by atoms with Gasteiger partial charge in [-0.25, -0.2) is 0 Å². The number of carbonyl (C=O) groups excluding carboxylic acids is 1. The van der Waals surface area contributed by atoms with E-state index < -0.39 is 4.92 Å². The summed E-state index contributed by atoms with van der Waals surface area (Å²) in [5.41, 5.74) is 0.436. The Morgan fingerprint density at radius 2 is 2.10 bits per heavy atom. The number of benzene rings is 1. The van der Waals surface area contributed by atoms with Gasteiger partial charge in [0.2, 0.25) is 0 Å². The minimum Gasteiger partial charge on any atom is -0.351 e. The van der Waals surface area contributed by atoms with E-state index in [-0.39, 0.29) is 17.0 Å². The van der Waals surface area contributed by atoms with Gasteiger partial charge in [0.15, 0.2) is 0 Å². The van der Waals surface area contributed by atoms with Crippen molar-refractivity contribution in [2.45, 2.75) is 39.0 Å². The van der Waals surface area contributed by atoms with E-state index in [1.807, 2.05) is 0 Å². The van der Waals surface area contributed by atoms with Crippen LogP contribution in [0.5, 0.6) is 0 Å². The van der Waals surface area contributed by atoms with Gasteiger partial charge in [-0.15, -0.1) is 0 Å². The fraction of sp³-hybridized carbons (Fsp3) is 0.533. The van der Waals surface area contributed by atoms with E-state index in [0.717, 1.165) is 19.3 Å². The normalized spacial score (nSPS) is 16.7. The Morgan fingerprint density at radius 1 is 1.43 bits per heavy atom. The lowest BCUT2D eigenvalue weighted by molar-refractivity contribution is -0.384. The van der Waals surface area contributed by atoms with Crippen molar-refractivity contribution in [1.82, 2.24) is 5.32 Å². The first-order chi connectivity index (χ1) is 9.97. The van der Waals surface area contributed by atoms with Crippen LogP contribution in [-0.2, 0) is 0 Å². The van der Waals surface area contributed by atoms with Crippen molar-refractivity contribution < 1.29 is 9.72 Å². The van der Waals surface area contributed by atoms with Crippen LogP contribution < -0.4 is 5.32 Å². The highest BCUT2D eigenvalue weighted by Gasteiger charge is 2.32. The van der Waals surface area contributed by atoms with Crippen LogP contribution in [-0.4, -0.2) is 17.4 Å². The number of nitrogens with one attached hydrogen (secondary N) is 1. The average molecular weight is 355 g/mol. The summed E-state index contributed by atoms with van der Waals surface area (Å²) < 4.78 is 0.572. The van der Waals surface area contributed by atoms with Crippen LogP contribution in [0.15, 0.2) is 22.7 Å². The summed E-state index contributed by atoms with van der Waals surface area (Å²) in [5, 5.41) is 13.8. The fourth-order valence-electron chi connectivity index (χ4n) is 2.94. The van der Waals surface area contributed by atoms with Crippen molar-refractivity contribution in [3.05, 3.63) is 38.3 Å². The lowest BCUT2D eigenvalue weighted by atomic mass is 9.83. The maximum atomic E-state index is 12.3. The molecule has 0 saturated heterocycles. The molecule has 0 heterocycles. The molecule has 0 aliphatic heterocycles. The van der Waals surface area contributed by atoms with E-state index in [9.17, 15) is 14.9 Å². The second-order valence-corrected chi connectivity index (χ2v) is 6.52. The molecule has 1 N–H and O–H groups in total. The molecular formula is C15H19BrN2O3. The van der Waals surface area contributed by atoms with Gasteiger partial charge in [-0.3, -0.25) is 14.9 Å². The van der Waals surface area contributed by atoms with Crippen molar-refractivity contribution in [3.63, 3.8) is 0 Å². The number of carbonyl (C=O) groups is 1. The molecule has 5 nitrogen and oxygen atoms in total. The van der Waals surface area contributed by atoms with Gasteiger partial charge in [-0.1, -0.05) is 19.8 Å². The Balaban J connectivity index is 2.09. The molecule has 1 aromatic carbocycles. The van der Waals surface area contributed by atoms with Gasteiger partial charge in [0.05, 0.1) is 10.5 Å². The van der Waals surface area contributed by atoms with E-state index in [1.54, 1.807) is 0 Å². The molecule has 1 aromatic rings. The van der Waals surface area contributed by atoms with Crippen molar-refractivity contribution in [1.29, 1.82) is 0 Å². The van der Waals surface area contributed by atoms with Gasteiger partial charge in [-0.2, -0.15) is 0 Å². The summed E-state index contributed by atoms with van der Waals surface area (Å²) in [5.74, 6) is -0.259. The fourth-order valence-corrected chi connectivity index (χ4v) is 3.37. The molecule has 2 rings (SSSR count). The van der Waals surface area contributed by atoms with Crippen LogP contribution in [0.3, 0.4) is 0 Å². The minimum absolute atomic E-state index is 0.0746. The lowest BCUT2D eigenvalue weighted by Gasteiger charge is -2.27. The molecule has 6 heteroatoms. The summed E-state index contributed by atoms with van der Waals surface area (Å²) >= 11 is 3.28. The molecule has 114 valence electrons. The van der Waals surface area contributed by atoms with Gasteiger partial charge in [-0.05, 0) is 46.7 Å². The molecular weight excluding hydrogens is 336 g/mol. The highest BCUT2D eigenvalue weighted by atomic mass is 79.9. The number of hydrogen-bond acceptors (Lipinski definition) is 3. The number of amides is 1. The Morgan fingerprint density at radius 3 is 2.67 bits per heavy atom. The summed E-state index contributed by atoms with van der Waals surface area (Å²) in [4.78, 5) is 22.6. The zero-order valence-corrected chi connectivity index (χ0v) is 13.6. The molecule has 0 spiro atoms. The Labute approximate surface area is 132 Å². The van der Waals surface area contributed by atoms with Gasteiger partial charge in [0.25, 0.3) is 11.6 Å². The van der Waals surface area contributed by atoms with Crippen LogP contribution in [0.2, 0.25) is 0 Å². The van der Waals surface area contributed by atoms with Crippen LogP contribution in [0, 0.1) is 15.5 Å². The number of nitro groups is 1. The molecule has 0 aromatic heterocycles. The second-order valence-electron chi connectivity index (χ2n) is 5.66. The number of non-ortho nitro benzene ring substituents is 1. The quantitative estimate of drug-likeness (QED) is 0.640. The summed E-state index contributed by atoms with van der Waals surface area (Å²) in [6.07, 6.45) is 5.75. The van der Waals surface area contributed by atoms with Gasteiger partial charge < -0.3 is 5.32 Å². The first-order valence-corrected chi connectivity index (χ1v) is 7.99. The number of rotatable bonds is 5. The molecule has 1 fully saturated rings. The highest BCUT2D eigenvalue weighted by molar-refractivity contribution is 9.10. The smallest absolute Gasteiger partial charge is 0.270 e. The Hall–Kier alpha value is -1.43. The molecule has 1 aliphatic rings. The zero-order chi connectivity index (χ0) is 15.5. The third-order valence-electron chi connectivity index (χ3n) is 4.44. The van der Waals surface area contributed by atoms with Crippen molar-refractivity contribution in [3.8, 4) is 0 Å². The van der Waals surface area contributed by atoms with Crippen LogP contribution in [0.1, 0.15) is 49.4 Å². The van der Waals surface area contributed by atoms with Crippen molar-refractivity contribution in [2.75, 3.05) is 6.54 Å². The van der Waals surface area contributed by atoms with Gasteiger partial charge in [0, 0.05) is 23.2 Å². The zero-order valence-electron chi connectivity index (χ0n) is 12.0. The molecule has 21 heavy (non-hydrogen) atoms. The lowest BCUT2D eigenvalue weighted by Crippen LogP contribution is -2.35. The van der Waals surface area contributed by atoms with E-state index >= 15 is 0 Å². The third-order valence-corrected chi connectivity index (χ3v) is 5.14. The topological polar surface area (TPSA) is 72.2 Å². The number of hydrogen-bond donors (Lipinski definition) is 1. The van der Waals surface area contributed by atoms with Gasteiger partial charge >= 0.3 is 0 Å². The minimum atomic E-state index is -0.492. The highest BCUT2D eigenvalue weighted by Crippen LogP contribution is 2.40. The standard InChI is InChI=1S/C15H19BrN2O3/c1-2-15(7-3-4-8-15)10-17-14(19)12-9-11(18(20)21)5-6-13(12)16/h5-6,9H,2-4,7-8,10H2,1H3,(H,17,19). The monoisotopic (exact) mass is 354 g/mol. The SMILES string of the molecule is CCC1(CNC(=O)c2cc([N+](=O)[O-])ccc2Br)CCCC1. The first kappa shape index (κ1) is 15.9. The van der Waals surface area contributed by atoms with Crippen LogP contribution in [0.4, 0.5) is 5.69 Å². The van der Waals surface area contributed by atoms with Gasteiger partial charge in [0.1, 0.15) is 0 Å². The molecule has 1 amide bonds. The maximum absolute atomic E-state index is 12.3. The molecule has 0 atom stereocenters. The van der Waals surface area contributed by atoms with E-state index in [4.69, 9.17) is 0 Å². The van der Waals surface area contributed by atoms with Crippen LogP contribution in [0.25, 0.3) is 0 Å².